The van der Waals surface area contributed by atoms with Crippen molar-refractivity contribution in [3.63, 3.8) is 0 Å². The minimum atomic E-state index is -0.288. The van der Waals surface area contributed by atoms with E-state index < -0.39 is 0 Å². The lowest BCUT2D eigenvalue weighted by Crippen LogP contribution is -2.47. The van der Waals surface area contributed by atoms with Crippen LogP contribution < -0.4 is 10.6 Å². The van der Waals surface area contributed by atoms with Crippen LogP contribution in [0.15, 0.2) is 0 Å². The highest BCUT2D eigenvalue weighted by Gasteiger charge is 2.32. The number of rotatable bonds is 2. The number of hydrogen-bond acceptors (Lipinski definition) is 3. The molecule has 0 aromatic heterocycles. The van der Waals surface area contributed by atoms with Crippen molar-refractivity contribution in [3.05, 3.63) is 0 Å². The van der Waals surface area contributed by atoms with E-state index in [1.807, 2.05) is 11.9 Å². The molecule has 0 aliphatic carbocycles. The zero-order valence-corrected chi connectivity index (χ0v) is 10.4. The van der Waals surface area contributed by atoms with Gasteiger partial charge in [-0.2, -0.15) is 0 Å². The van der Waals surface area contributed by atoms with Gasteiger partial charge in [-0.1, -0.05) is 0 Å². The van der Waals surface area contributed by atoms with Crippen LogP contribution in [0.5, 0.6) is 0 Å². The molecule has 0 radical (unpaired) electrons. The Morgan fingerprint density at radius 3 is 2.82 bits per heavy atom. The molecule has 0 spiro atoms. The van der Waals surface area contributed by atoms with Crippen LogP contribution in [0.3, 0.4) is 0 Å². The Bertz CT molecular complexity index is 298. The molecule has 2 saturated heterocycles. The summed E-state index contributed by atoms with van der Waals surface area (Å²) in [6.07, 6.45) is 4.29. The van der Waals surface area contributed by atoms with Crippen LogP contribution in [0, 0.1) is 0 Å². The Morgan fingerprint density at radius 1 is 1.29 bits per heavy atom. The summed E-state index contributed by atoms with van der Waals surface area (Å²) >= 11 is 0. The van der Waals surface area contributed by atoms with Crippen molar-refractivity contribution in [2.75, 3.05) is 20.1 Å². The molecular formula is C12H21N3O2. The molecule has 2 rings (SSSR count). The van der Waals surface area contributed by atoms with Gasteiger partial charge in [0.05, 0.1) is 0 Å². The maximum Gasteiger partial charge on any atom is 0.245 e. The van der Waals surface area contributed by atoms with Gasteiger partial charge in [0.2, 0.25) is 11.8 Å². The third-order valence-corrected chi connectivity index (χ3v) is 3.73. The molecule has 2 atom stereocenters. The molecular weight excluding hydrogens is 218 g/mol. The van der Waals surface area contributed by atoms with Crippen molar-refractivity contribution in [2.45, 2.75) is 44.2 Å². The number of carbonyl (C=O) groups is 2. The molecule has 2 fully saturated rings. The summed E-state index contributed by atoms with van der Waals surface area (Å²) in [5.41, 5.74) is 0. The van der Waals surface area contributed by atoms with Crippen LogP contribution in [0.2, 0.25) is 0 Å². The number of amides is 2. The zero-order chi connectivity index (χ0) is 12.3. The second-order valence-corrected chi connectivity index (χ2v) is 4.94. The van der Waals surface area contributed by atoms with Gasteiger partial charge in [0.1, 0.15) is 6.04 Å². The molecule has 0 saturated carbocycles. The highest BCUT2D eigenvalue weighted by Crippen LogP contribution is 2.16. The largest absolute Gasteiger partial charge is 0.344 e. The first-order chi connectivity index (χ1) is 8.18. The first-order valence-electron chi connectivity index (χ1n) is 6.45. The summed E-state index contributed by atoms with van der Waals surface area (Å²) in [5.74, 6) is 0.0713. The van der Waals surface area contributed by atoms with Crippen molar-refractivity contribution in [3.8, 4) is 0 Å². The van der Waals surface area contributed by atoms with Gasteiger partial charge in [-0.25, -0.2) is 0 Å². The fraction of sp³-hybridized carbons (Fsp3) is 0.833. The second-order valence-electron chi connectivity index (χ2n) is 4.94. The molecule has 0 aromatic rings. The summed E-state index contributed by atoms with van der Waals surface area (Å²) in [6.45, 7) is 2.01. The first kappa shape index (κ1) is 12.4. The molecule has 96 valence electrons. The van der Waals surface area contributed by atoms with Crippen molar-refractivity contribution in [2.24, 2.45) is 0 Å². The van der Waals surface area contributed by atoms with Gasteiger partial charge in [-0.05, 0) is 38.8 Å². The normalized spacial score (nSPS) is 29.6. The van der Waals surface area contributed by atoms with Gasteiger partial charge in [0.15, 0.2) is 0 Å². The molecule has 2 heterocycles. The Morgan fingerprint density at radius 2 is 2.12 bits per heavy atom. The average Bonchev–Trinajstić information content (AvgIpc) is 2.60. The third-order valence-electron chi connectivity index (χ3n) is 3.73. The molecule has 2 N–H and O–H groups in total. The maximum atomic E-state index is 12.2. The first-order valence-corrected chi connectivity index (χ1v) is 6.45. The van der Waals surface area contributed by atoms with E-state index in [0.717, 1.165) is 32.4 Å². The lowest BCUT2D eigenvalue weighted by molar-refractivity contribution is -0.135. The molecule has 5 nitrogen and oxygen atoms in total. The number of hydrogen-bond donors (Lipinski definition) is 2. The fourth-order valence-electron chi connectivity index (χ4n) is 2.61. The number of carbonyl (C=O) groups excluding carboxylic acids is 2. The van der Waals surface area contributed by atoms with Crippen LogP contribution in [0.25, 0.3) is 0 Å². The van der Waals surface area contributed by atoms with Gasteiger partial charge < -0.3 is 15.5 Å². The number of likely N-dealkylation sites (N-methyl/N-ethyl adjacent to an activating group) is 1. The molecule has 17 heavy (non-hydrogen) atoms. The van der Waals surface area contributed by atoms with E-state index in [1.54, 1.807) is 0 Å². The van der Waals surface area contributed by atoms with Gasteiger partial charge in [0.25, 0.3) is 0 Å². The summed E-state index contributed by atoms with van der Waals surface area (Å²) in [5, 5.41) is 6.08. The minimum Gasteiger partial charge on any atom is -0.344 e. The Labute approximate surface area is 102 Å². The van der Waals surface area contributed by atoms with Crippen molar-refractivity contribution in [1.82, 2.24) is 15.5 Å². The molecule has 2 amide bonds. The lowest BCUT2D eigenvalue weighted by atomic mass is 10.1. The highest BCUT2D eigenvalue weighted by molar-refractivity contribution is 5.90. The second kappa shape index (κ2) is 5.49. The fourth-order valence-corrected chi connectivity index (χ4v) is 2.61. The molecule has 0 aromatic carbocycles. The van der Waals surface area contributed by atoms with E-state index in [2.05, 4.69) is 10.6 Å². The van der Waals surface area contributed by atoms with E-state index in [4.69, 9.17) is 0 Å². The van der Waals surface area contributed by atoms with Gasteiger partial charge in [-0.15, -0.1) is 0 Å². The molecule has 2 aliphatic rings. The van der Waals surface area contributed by atoms with Crippen LogP contribution >= 0.6 is 0 Å². The molecule has 5 heteroatoms. The number of nitrogens with one attached hydrogen (secondary N) is 2. The molecule has 1 unspecified atom stereocenters. The van der Waals surface area contributed by atoms with Gasteiger partial charge in [0, 0.05) is 19.5 Å². The Balaban J connectivity index is 1.91. The van der Waals surface area contributed by atoms with Gasteiger partial charge >= 0.3 is 0 Å². The average molecular weight is 239 g/mol. The van der Waals surface area contributed by atoms with Crippen LogP contribution in [0.4, 0.5) is 0 Å². The predicted molar refractivity (Wildman–Crippen MR) is 64.4 cm³/mol. The van der Waals surface area contributed by atoms with Crippen LogP contribution in [-0.2, 0) is 9.59 Å². The topological polar surface area (TPSA) is 61.4 Å². The Hall–Kier alpha value is -1.10. The monoisotopic (exact) mass is 239 g/mol. The summed E-state index contributed by atoms with van der Waals surface area (Å²) in [4.78, 5) is 25.1. The quantitative estimate of drug-likeness (QED) is 0.705. The van der Waals surface area contributed by atoms with E-state index >= 15 is 0 Å². The van der Waals surface area contributed by atoms with E-state index in [0.29, 0.717) is 18.9 Å². The predicted octanol–water partition coefficient (Wildman–Crippen LogP) is -0.134. The van der Waals surface area contributed by atoms with Crippen molar-refractivity contribution < 1.29 is 9.59 Å². The summed E-state index contributed by atoms with van der Waals surface area (Å²) in [7, 11) is 1.86. The highest BCUT2D eigenvalue weighted by atomic mass is 16.2. The lowest BCUT2D eigenvalue weighted by Gasteiger charge is -2.29. The minimum absolute atomic E-state index is 0.000664. The van der Waals surface area contributed by atoms with E-state index in [1.165, 1.54) is 0 Å². The molecule has 0 bridgehead atoms. The standard InChI is InChI=1S/C12H21N3O2/c1-15(9-3-2-7-13-8-6-9)12(17)10-4-5-11(16)14-10/h9-10,13H,2-8H2,1H3,(H,14,16)/t9?,10-/m0/s1. The SMILES string of the molecule is CN(C(=O)[C@@H]1CCC(=O)N1)C1CCCNCC1. The Kier molecular flexibility index (Phi) is 3.99. The van der Waals surface area contributed by atoms with Crippen molar-refractivity contribution >= 4 is 11.8 Å². The van der Waals surface area contributed by atoms with Crippen molar-refractivity contribution in [1.29, 1.82) is 0 Å². The number of nitrogens with zero attached hydrogens (tertiary/aromatic N) is 1. The van der Waals surface area contributed by atoms with E-state index in [-0.39, 0.29) is 17.9 Å². The van der Waals surface area contributed by atoms with Crippen LogP contribution in [0.1, 0.15) is 32.1 Å². The zero-order valence-electron chi connectivity index (χ0n) is 10.4. The van der Waals surface area contributed by atoms with Crippen LogP contribution in [-0.4, -0.2) is 48.9 Å². The molecule has 2 aliphatic heterocycles. The third kappa shape index (κ3) is 2.97. The summed E-state index contributed by atoms with van der Waals surface area (Å²) < 4.78 is 0. The maximum absolute atomic E-state index is 12.2. The summed E-state index contributed by atoms with van der Waals surface area (Å²) in [6, 6.07) is 0.0266. The smallest absolute Gasteiger partial charge is 0.245 e. The van der Waals surface area contributed by atoms with Gasteiger partial charge in [-0.3, -0.25) is 9.59 Å². The van der Waals surface area contributed by atoms with E-state index in [9.17, 15) is 9.59 Å².